The smallest absolute Gasteiger partial charge is 0.220 e. The molecule has 2 aromatic carbocycles. The molecular weight excluding hydrogens is 309 g/mol. The maximum absolute atomic E-state index is 13.5. The van der Waals surface area contributed by atoms with Crippen LogP contribution in [0.4, 0.5) is 4.39 Å². The molecule has 0 unspecified atom stereocenters. The van der Waals surface area contributed by atoms with Crippen molar-refractivity contribution < 1.29 is 9.18 Å². The van der Waals surface area contributed by atoms with Crippen molar-refractivity contribution in [1.29, 1.82) is 0 Å². The zero-order valence-electron chi connectivity index (χ0n) is 13.3. The molecule has 2 rings (SSSR count). The number of halogens is 1. The minimum absolute atomic E-state index is 0.0234. The largest absolute Gasteiger partial charge is 0.355 e. The lowest BCUT2D eigenvalue weighted by molar-refractivity contribution is -0.120. The normalized spacial score (nSPS) is 10.5. The van der Waals surface area contributed by atoms with Crippen LogP contribution in [0.25, 0.3) is 0 Å². The third kappa shape index (κ3) is 6.06. The minimum Gasteiger partial charge on any atom is -0.355 e. The van der Waals surface area contributed by atoms with Crippen LogP contribution in [-0.2, 0) is 17.0 Å². The van der Waals surface area contributed by atoms with E-state index in [0.717, 1.165) is 11.5 Å². The number of benzene rings is 2. The van der Waals surface area contributed by atoms with Gasteiger partial charge in [0.1, 0.15) is 5.82 Å². The monoisotopic (exact) mass is 331 g/mol. The molecule has 122 valence electrons. The first-order valence-electron chi connectivity index (χ1n) is 7.79. The van der Waals surface area contributed by atoms with E-state index < -0.39 is 0 Å². The van der Waals surface area contributed by atoms with Crippen LogP contribution in [0.3, 0.4) is 0 Å². The van der Waals surface area contributed by atoms with Crippen molar-refractivity contribution in [3.05, 3.63) is 71.0 Å². The molecule has 0 atom stereocenters. The average Bonchev–Trinajstić information content (AvgIpc) is 2.55. The number of hydrogen-bond acceptors (Lipinski definition) is 2. The molecule has 0 aliphatic carbocycles. The molecule has 2 nitrogen and oxygen atoms in total. The highest BCUT2D eigenvalue weighted by Gasteiger charge is 2.05. The molecular formula is C19H22FNOS. The van der Waals surface area contributed by atoms with Crippen LogP contribution in [0.1, 0.15) is 23.1 Å². The second-order valence-corrected chi connectivity index (χ2v) is 6.53. The predicted molar refractivity (Wildman–Crippen MR) is 95.1 cm³/mol. The van der Waals surface area contributed by atoms with E-state index in [1.165, 1.54) is 17.2 Å². The van der Waals surface area contributed by atoms with Crippen molar-refractivity contribution in [3.63, 3.8) is 0 Å². The van der Waals surface area contributed by atoms with Gasteiger partial charge in [-0.05, 0) is 36.1 Å². The van der Waals surface area contributed by atoms with Gasteiger partial charge in [0, 0.05) is 24.5 Å². The van der Waals surface area contributed by atoms with Crippen LogP contribution in [0, 0.1) is 12.7 Å². The van der Waals surface area contributed by atoms with Crippen molar-refractivity contribution in [2.75, 3.05) is 12.3 Å². The Morgan fingerprint density at radius 1 is 1.09 bits per heavy atom. The zero-order chi connectivity index (χ0) is 16.5. The Hall–Kier alpha value is -1.81. The lowest BCUT2D eigenvalue weighted by Crippen LogP contribution is -2.26. The van der Waals surface area contributed by atoms with Gasteiger partial charge in [0.05, 0.1) is 0 Å². The van der Waals surface area contributed by atoms with Gasteiger partial charge < -0.3 is 5.32 Å². The van der Waals surface area contributed by atoms with Crippen LogP contribution in [0.15, 0.2) is 48.5 Å². The fourth-order valence-corrected chi connectivity index (χ4v) is 3.19. The van der Waals surface area contributed by atoms with Gasteiger partial charge >= 0.3 is 0 Å². The third-order valence-electron chi connectivity index (χ3n) is 3.67. The summed E-state index contributed by atoms with van der Waals surface area (Å²) >= 11 is 1.80. The van der Waals surface area contributed by atoms with Gasteiger partial charge in [-0.3, -0.25) is 4.79 Å². The average molecular weight is 331 g/mol. The molecule has 0 radical (unpaired) electrons. The molecule has 0 aliphatic heterocycles. The van der Waals surface area contributed by atoms with Crippen LogP contribution < -0.4 is 5.32 Å². The van der Waals surface area contributed by atoms with E-state index >= 15 is 0 Å². The molecule has 0 saturated heterocycles. The van der Waals surface area contributed by atoms with Crippen molar-refractivity contribution in [3.8, 4) is 0 Å². The Labute approximate surface area is 141 Å². The minimum atomic E-state index is -0.242. The Balaban J connectivity index is 1.60. The highest BCUT2D eigenvalue weighted by molar-refractivity contribution is 7.98. The topological polar surface area (TPSA) is 29.1 Å². The number of carbonyl (C=O) groups is 1. The highest BCUT2D eigenvalue weighted by Crippen LogP contribution is 2.15. The maximum Gasteiger partial charge on any atom is 0.220 e. The lowest BCUT2D eigenvalue weighted by atomic mass is 10.1. The van der Waals surface area contributed by atoms with Gasteiger partial charge in [-0.2, -0.15) is 11.8 Å². The molecule has 0 bridgehead atoms. The van der Waals surface area contributed by atoms with Crippen molar-refractivity contribution in [2.24, 2.45) is 0 Å². The van der Waals surface area contributed by atoms with Gasteiger partial charge in [0.2, 0.25) is 5.91 Å². The number of thioether (sulfide) groups is 1. The Bertz CT molecular complexity index is 645. The summed E-state index contributed by atoms with van der Waals surface area (Å²) in [5, 5.41) is 2.89. The van der Waals surface area contributed by atoms with Crippen LogP contribution in [-0.4, -0.2) is 18.2 Å². The van der Waals surface area contributed by atoms with Crippen LogP contribution in [0.5, 0.6) is 0 Å². The van der Waals surface area contributed by atoms with Crippen LogP contribution in [0.2, 0.25) is 0 Å². The number of nitrogens with one attached hydrogen (secondary N) is 1. The summed E-state index contributed by atoms with van der Waals surface area (Å²) in [5.74, 6) is 1.57. The molecule has 0 fully saturated rings. The Morgan fingerprint density at radius 3 is 2.52 bits per heavy atom. The summed E-state index contributed by atoms with van der Waals surface area (Å²) in [6, 6.07) is 14.9. The summed E-state index contributed by atoms with van der Waals surface area (Å²) in [7, 11) is 0. The second-order valence-electron chi connectivity index (χ2n) is 5.42. The summed E-state index contributed by atoms with van der Waals surface area (Å²) in [5.41, 5.74) is 3.23. The zero-order valence-corrected chi connectivity index (χ0v) is 14.2. The summed E-state index contributed by atoms with van der Waals surface area (Å²) in [6.07, 6.45) is 0.762. The van der Waals surface area contributed by atoms with Gasteiger partial charge in [-0.1, -0.05) is 42.5 Å². The molecule has 2 aromatic rings. The molecule has 0 aliphatic rings. The van der Waals surface area contributed by atoms with E-state index in [9.17, 15) is 9.18 Å². The Kier molecular flexibility index (Phi) is 7.14. The fraction of sp³-hybridized carbons (Fsp3) is 0.316. The van der Waals surface area contributed by atoms with Crippen molar-refractivity contribution in [2.45, 2.75) is 25.5 Å². The highest BCUT2D eigenvalue weighted by atomic mass is 32.2. The van der Waals surface area contributed by atoms with E-state index in [1.807, 2.05) is 12.1 Å². The summed E-state index contributed by atoms with van der Waals surface area (Å²) in [4.78, 5) is 11.8. The molecule has 0 saturated carbocycles. The molecule has 4 heteroatoms. The molecule has 0 heterocycles. The number of rotatable bonds is 8. The fourth-order valence-electron chi connectivity index (χ4n) is 2.25. The maximum atomic E-state index is 13.5. The van der Waals surface area contributed by atoms with E-state index in [0.29, 0.717) is 24.9 Å². The first-order valence-corrected chi connectivity index (χ1v) is 8.94. The van der Waals surface area contributed by atoms with E-state index in [2.05, 4.69) is 24.4 Å². The molecule has 1 N–H and O–H groups in total. The molecule has 0 aromatic heterocycles. The van der Waals surface area contributed by atoms with Crippen molar-refractivity contribution >= 4 is 17.7 Å². The summed E-state index contributed by atoms with van der Waals surface area (Å²) in [6.45, 7) is 2.76. The van der Waals surface area contributed by atoms with E-state index in [1.54, 1.807) is 30.0 Å². The third-order valence-corrected chi connectivity index (χ3v) is 4.67. The van der Waals surface area contributed by atoms with Crippen molar-refractivity contribution in [1.82, 2.24) is 5.32 Å². The van der Waals surface area contributed by atoms with E-state index in [-0.39, 0.29) is 11.7 Å². The quantitative estimate of drug-likeness (QED) is 0.737. The number of amides is 1. The van der Waals surface area contributed by atoms with Gasteiger partial charge in [0.15, 0.2) is 0 Å². The van der Waals surface area contributed by atoms with Gasteiger partial charge in [-0.15, -0.1) is 0 Å². The standard InChI is InChI=1S/C19H22FNOS/c1-15-6-2-3-8-17(15)14-23-13-12-21-19(22)11-10-16-7-4-5-9-18(16)20/h2-9H,10-14H2,1H3,(H,21,22). The second kappa shape index (κ2) is 9.36. The predicted octanol–water partition coefficient (Wildman–Crippen LogP) is 4.12. The lowest BCUT2D eigenvalue weighted by Gasteiger charge is -2.07. The van der Waals surface area contributed by atoms with E-state index in [4.69, 9.17) is 0 Å². The number of hydrogen-bond donors (Lipinski definition) is 1. The van der Waals surface area contributed by atoms with Gasteiger partial charge in [0.25, 0.3) is 0 Å². The Morgan fingerprint density at radius 2 is 1.78 bits per heavy atom. The number of aryl methyl sites for hydroxylation is 2. The molecule has 1 amide bonds. The SMILES string of the molecule is Cc1ccccc1CSCCNC(=O)CCc1ccccc1F. The molecule has 0 spiro atoms. The number of carbonyl (C=O) groups excluding carboxylic acids is 1. The first kappa shape index (κ1) is 17.5. The first-order chi connectivity index (χ1) is 11.2. The molecule has 23 heavy (non-hydrogen) atoms. The summed E-state index contributed by atoms with van der Waals surface area (Å²) < 4.78 is 13.5. The van der Waals surface area contributed by atoms with Crippen LogP contribution >= 0.6 is 11.8 Å². The van der Waals surface area contributed by atoms with Gasteiger partial charge in [-0.25, -0.2) is 4.39 Å².